The Labute approximate surface area is 119 Å². The highest BCUT2D eigenvalue weighted by atomic mass is 19.4. The molecule has 0 saturated heterocycles. The lowest BCUT2D eigenvalue weighted by atomic mass is 10.2. The minimum absolute atomic E-state index is 0.288. The van der Waals surface area contributed by atoms with Crippen molar-refractivity contribution in [1.29, 1.82) is 0 Å². The highest BCUT2D eigenvalue weighted by Gasteiger charge is 2.27. The van der Waals surface area contributed by atoms with Crippen molar-refractivity contribution >= 4 is 23.2 Å². The van der Waals surface area contributed by atoms with Crippen molar-refractivity contribution in [1.82, 2.24) is 5.32 Å². The lowest BCUT2D eigenvalue weighted by molar-refractivity contribution is -0.137. The minimum atomic E-state index is -4.44. The molecule has 8 heteroatoms. The predicted octanol–water partition coefficient (Wildman–Crippen LogP) is 2.04. The van der Waals surface area contributed by atoms with Gasteiger partial charge in [0.2, 0.25) is 11.8 Å². The molecule has 0 aliphatic heterocycles. The van der Waals surface area contributed by atoms with Crippen molar-refractivity contribution in [3.8, 4) is 0 Å². The zero-order chi connectivity index (χ0) is 16.0. The van der Waals surface area contributed by atoms with Crippen molar-refractivity contribution in [3.05, 3.63) is 23.8 Å². The minimum Gasteiger partial charge on any atom is -0.374 e. The Bertz CT molecular complexity index is 530. The number of nitrogens with one attached hydrogen (secondary N) is 3. The van der Waals surface area contributed by atoms with Crippen LogP contribution in [0.4, 0.5) is 24.5 Å². The van der Waals surface area contributed by atoms with E-state index in [9.17, 15) is 22.8 Å². The van der Waals surface area contributed by atoms with E-state index in [0.29, 0.717) is 11.4 Å². The summed E-state index contributed by atoms with van der Waals surface area (Å²) in [4.78, 5) is 22.4. The fourth-order valence-electron chi connectivity index (χ4n) is 1.54. The molecule has 0 aliphatic rings. The van der Waals surface area contributed by atoms with Crippen LogP contribution >= 0.6 is 0 Å². The molecule has 0 heterocycles. The molecule has 0 radical (unpaired) electrons. The Kier molecular flexibility index (Phi) is 5.57. The monoisotopic (exact) mass is 303 g/mol. The van der Waals surface area contributed by atoms with Gasteiger partial charge in [-0.3, -0.25) is 9.59 Å². The molecule has 1 rings (SSSR count). The van der Waals surface area contributed by atoms with Crippen molar-refractivity contribution in [2.75, 3.05) is 23.7 Å². The summed E-state index contributed by atoms with van der Waals surface area (Å²) in [5.74, 6) is -1.08. The van der Waals surface area contributed by atoms with Crippen molar-refractivity contribution in [2.45, 2.75) is 20.0 Å². The summed E-state index contributed by atoms with van der Waals surface area (Å²) in [7, 11) is 0. The van der Waals surface area contributed by atoms with Gasteiger partial charge in [-0.05, 0) is 24.6 Å². The molecule has 21 heavy (non-hydrogen) atoms. The summed E-state index contributed by atoms with van der Waals surface area (Å²) >= 11 is 0. The molecule has 0 fully saturated rings. The molecule has 0 unspecified atom stereocenters. The van der Waals surface area contributed by atoms with E-state index in [1.807, 2.05) is 6.92 Å². The average Bonchev–Trinajstić information content (AvgIpc) is 2.35. The van der Waals surface area contributed by atoms with Crippen LogP contribution in [0.25, 0.3) is 0 Å². The summed E-state index contributed by atoms with van der Waals surface area (Å²) in [5, 5.41) is 7.02. The molecule has 2 amide bonds. The van der Waals surface area contributed by atoms with Gasteiger partial charge in [0.1, 0.15) is 6.54 Å². The van der Waals surface area contributed by atoms with Crippen molar-refractivity contribution < 1.29 is 22.8 Å². The van der Waals surface area contributed by atoms with Gasteiger partial charge in [-0.15, -0.1) is 0 Å². The van der Waals surface area contributed by atoms with Gasteiger partial charge in [0.25, 0.3) is 0 Å². The third kappa shape index (κ3) is 6.64. The van der Waals surface area contributed by atoms with Gasteiger partial charge >= 0.3 is 6.18 Å². The molecular weight excluding hydrogens is 287 g/mol. The van der Waals surface area contributed by atoms with Crippen LogP contribution in [0.5, 0.6) is 0 Å². The Morgan fingerprint density at radius 2 is 1.86 bits per heavy atom. The van der Waals surface area contributed by atoms with Crippen LogP contribution < -0.4 is 16.0 Å². The molecule has 0 saturated carbocycles. The maximum atomic E-state index is 12.0. The molecule has 116 valence electrons. The second kappa shape index (κ2) is 6.96. The topological polar surface area (TPSA) is 70.2 Å². The van der Waals surface area contributed by atoms with Gasteiger partial charge in [0, 0.05) is 6.92 Å². The van der Waals surface area contributed by atoms with Crippen LogP contribution in [0.3, 0.4) is 0 Å². The first-order chi connectivity index (χ1) is 9.67. The lowest BCUT2D eigenvalue weighted by Gasteiger charge is -2.14. The first kappa shape index (κ1) is 16.8. The second-order valence-corrected chi connectivity index (χ2v) is 4.48. The highest BCUT2D eigenvalue weighted by molar-refractivity contribution is 5.93. The molecule has 1 aromatic carbocycles. The number of carbonyl (C=O) groups excluding carboxylic acids is 2. The number of aryl methyl sites for hydroxylation is 1. The van der Waals surface area contributed by atoms with E-state index in [1.165, 1.54) is 6.92 Å². The number of rotatable bonds is 5. The fourth-order valence-corrected chi connectivity index (χ4v) is 1.54. The molecule has 3 N–H and O–H groups in total. The summed E-state index contributed by atoms with van der Waals surface area (Å²) in [6.45, 7) is 1.44. The lowest BCUT2D eigenvalue weighted by Crippen LogP contribution is -2.37. The van der Waals surface area contributed by atoms with E-state index in [-0.39, 0.29) is 12.5 Å². The first-order valence-corrected chi connectivity index (χ1v) is 6.13. The van der Waals surface area contributed by atoms with Gasteiger partial charge in [-0.1, -0.05) is 6.07 Å². The number of hydrogen-bond donors (Lipinski definition) is 3. The smallest absolute Gasteiger partial charge is 0.374 e. The molecule has 5 nitrogen and oxygen atoms in total. The average molecular weight is 303 g/mol. The van der Waals surface area contributed by atoms with E-state index in [0.717, 1.165) is 5.56 Å². The van der Waals surface area contributed by atoms with Crippen LogP contribution in [0.1, 0.15) is 12.5 Å². The zero-order valence-electron chi connectivity index (χ0n) is 11.6. The van der Waals surface area contributed by atoms with Crippen LogP contribution in [0.2, 0.25) is 0 Å². The van der Waals surface area contributed by atoms with E-state index < -0.39 is 18.6 Å². The Hall–Kier alpha value is -2.25. The predicted molar refractivity (Wildman–Crippen MR) is 73.0 cm³/mol. The number of hydrogen-bond acceptors (Lipinski definition) is 3. The van der Waals surface area contributed by atoms with E-state index in [1.54, 1.807) is 23.5 Å². The van der Waals surface area contributed by atoms with Gasteiger partial charge < -0.3 is 16.0 Å². The second-order valence-electron chi connectivity index (χ2n) is 4.48. The van der Waals surface area contributed by atoms with Gasteiger partial charge in [0.05, 0.1) is 17.9 Å². The summed E-state index contributed by atoms with van der Waals surface area (Å²) < 4.78 is 35.9. The normalized spacial score (nSPS) is 10.9. The van der Waals surface area contributed by atoms with Crippen LogP contribution in [-0.2, 0) is 9.59 Å². The first-order valence-electron chi connectivity index (χ1n) is 6.13. The van der Waals surface area contributed by atoms with Crippen molar-refractivity contribution in [3.63, 3.8) is 0 Å². The number of halogens is 3. The maximum absolute atomic E-state index is 12.0. The standard InChI is InChI=1S/C13H16F3N3O2/c1-8-3-4-10(19-9(2)20)11(5-8)17-6-12(21)18-7-13(14,15)16/h3-5,17H,6-7H2,1-2H3,(H,18,21)(H,19,20). The maximum Gasteiger partial charge on any atom is 0.405 e. The third-order valence-corrected chi connectivity index (χ3v) is 2.41. The molecule has 1 aromatic rings. The molecular formula is C13H16F3N3O2. The Morgan fingerprint density at radius 1 is 1.19 bits per heavy atom. The Morgan fingerprint density at radius 3 is 2.43 bits per heavy atom. The third-order valence-electron chi connectivity index (χ3n) is 2.41. The summed E-state index contributed by atoms with van der Waals surface area (Å²) in [6, 6.07) is 5.09. The van der Waals surface area contributed by atoms with E-state index in [4.69, 9.17) is 0 Å². The molecule has 0 spiro atoms. The SMILES string of the molecule is CC(=O)Nc1ccc(C)cc1NCC(=O)NCC(F)(F)F. The van der Waals surface area contributed by atoms with Crippen molar-refractivity contribution in [2.24, 2.45) is 0 Å². The van der Waals surface area contributed by atoms with Gasteiger partial charge in [-0.25, -0.2) is 0 Å². The number of alkyl halides is 3. The van der Waals surface area contributed by atoms with Crippen LogP contribution in [-0.4, -0.2) is 31.1 Å². The van der Waals surface area contributed by atoms with Gasteiger partial charge in [0.15, 0.2) is 0 Å². The largest absolute Gasteiger partial charge is 0.405 e. The van der Waals surface area contributed by atoms with Crippen LogP contribution in [0, 0.1) is 6.92 Å². The number of benzene rings is 1. The van der Waals surface area contributed by atoms with Gasteiger partial charge in [-0.2, -0.15) is 13.2 Å². The summed E-state index contributed by atoms with van der Waals surface area (Å²) in [5.41, 5.74) is 1.80. The molecule has 0 aromatic heterocycles. The van der Waals surface area contributed by atoms with E-state index in [2.05, 4.69) is 10.6 Å². The number of amides is 2. The molecule has 0 aliphatic carbocycles. The summed E-state index contributed by atoms with van der Waals surface area (Å²) in [6.07, 6.45) is -4.44. The number of anilines is 2. The fraction of sp³-hybridized carbons (Fsp3) is 0.385. The highest BCUT2D eigenvalue weighted by Crippen LogP contribution is 2.22. The zero-order valence-corrected chi connectivity index (χ0v) is 11.6. The van der Waals surface area contributed by atoms with Crippen LogP contribution in [0.15, 0.2) is 18.2 Å². The molecule has 0 bridgehead atoms. The number of carbonyl (C=O) groups is 2. The Balaban J connectivity index is 2.63. The molecule has 0 atom stereocenters. The van der Waals surface area contributed by atoms with E-state index >= 15 is 0 Å². The quantitative estimate of drug-likeness (QED) is 0.779.